The number of ether oxygens (including phenoxy) is 1. The number of carbonyl (C=O) groups excluding carboxylic acids is 2. The topological polar surface area (TPSA) is 68.3 Å². The summed E-state index contributed by atoms with van der Waals surface area (Å²) in [5.74, 6) is -0.496. The molecule has 0 fully saturated rings. The summed E-state index contributed by atoms with van der Waals surface area (Å²) in [7, 11) is 1.33. The van der Waals surface area contributed by atoms with Gasteiger partial charge in [0.25, 0.3) is 0 Å². The minimum Gasteiger partial charge on any atom is -0.469 e. The van der Waals surface area contributed by atoms with Crippen molar-refractivity contribution in [3.63, 3.8) is 0 Å². The van der Waals surface area contributed by atoms with Crippen molar-refractivity contribution in [3.8, 4) is 0 Å². The van der Waals surface area contributed by atoms with Gasteiger partial charge in [-0.25, -0.2) is 4.98 Å². The average Bonchev–Trinajstić information content (AvgIpc) is 2.88. The number of rotatable bonds is 5. The number of thiazole rings is 1. The standard InChI is InChI=1S/C14H13BrN2O3S/c1-20-13(19)7-11-8-21-14(16-11)17-12(18)6-9-2-4-10(15)5-3-9/h2-5,8H,6-7H2,1H3,(H,16,17,18). The molecular weight excluding hydrogens is 356 g/mol. The summed E-state index contributed by atoms with van der Waals surface area (Å²) in [6, 6.07) is 7.54. The number of nitrogens with zero attached hydrogens (tertiary/aromatic N) is 1. The van der Waals surface area contributed by atoms with Crippen molar-refractivity contribution in [3.05, 3.63) is 45.4 Å². The summed E-state index contributed by atoms with van der Waals surface area (Å²) in [6.07, 6.45) is 0.384. The number of carbonyl (C=O) groups is 2. The van der Waals surface area contributed by atoms with E-state index in [0.717, 1.165) is 10.0 Å². The molecule has 5 nitrogen and oxygen atoms in total. The molecule has 0 saturated carbocycles. The highest BCUT2D eigenvalue weighted by Gasteiger charge is 2.10. The number of hydrogen-bond acceptors (Lipinski definition) is 5. The largest absolute Gasteiger partial charge is 0.469 e. The lowest BCUT2D eigenvalue weighted by atomic mass is 10.1. The van der Waals surface area contributed by atoms with Crippen molar-refractivity contribution in [2.24, 2.45) is 0 Å². The van der Waals surface area contributed by atoms with Crippen LogP contribution in [0.2, 0.25) is 0 Å². The van der Waals surface area contributed by atoms with Gasteiger partial charge in [0.15, 0.2) is 5.13 Å². The molecular formula is C14H13BrN2O3S. The van der Waals surface area contributed by atoms with E-state index in [4.69, 9.17) is 0 Å². The molecule has 1 heterocycles. The van der Waals surface area contributed by atoms with Crippen molar-refractivity contribution in [1.29, 1.82) is 0 Å². The fraction of sp³-hybridized carbons (Fsp3) is 0.214. The van der Waals surface area contributed by atoms with Gasteiger partial charge < -0.3 is 10.1 Å². The van der Waals surface area contributed by atoms with Gasteiger partial charge in [-0.2, -0.15) is 0 Å². The molecule has 0 unspecified atom stereocenters. The number of halogens is 1. The molecule has 0 aliphatic rings. The second-order valence-electron chi connectivity index (χ2n) is 4.25. The molecule has 7 heteroatoms. The smallest absolute Gasteiger partial charge is 0.311 e. The second kappa shape index (κ2) is 7.33. The van der Waals surface area contributed by atoms with Crippen LogP contribution >= 0.6 is 27.3 Å². The van der Waals surface area contributed by atoms with Crippen molar-refractivity contribution >= 4 is 44.3 Å². The monoisotopic (exact) mass is 368 g/mol. The van der Waals surface area contributed by atoms with Gasteiger partial charge >= 0.3 is 5.97 Å². The summed E-state index contributed by atoms with van der Waals surface area (Å²) in [5, 5.41) is 4.93. The Balaban J connectivity index is 1.90. The highest BCUT2D eigenvalue weighted by Crippen LogP contribution is 2.17. The predicted molar refractivity (Wildman–Crippen MR) is 84.3 cm³/mol. The van der Waals surface area contributed by atoms with E-state index < -0.39 is 0 Å². The highest BCUT2D eigenvalue weighted by atomic mass is 79.9. The molecule has 0 radical (unpaired) electrons. The van der Waals surface area contributed by atoms with Crippen LogP contribution in [0.25, 0.3) is 0 Å². The lowest BCUT2D eigenvalue weighted by Crippen LogP contribution is -2.14. The number of methoxy groups -OCH3 is 1. The maximum Gasteiger partial charge on any atom is 0.311 e. The molecule has 0 spiro atoms. The molecule has 110 valence electrons. The number of nitrogens with one attached hydrogen (secondary N) is 1. The fourth-order valence-corrected chi connectivity index (χ4v) is 2.61. The van der Waals surface area contributed by atoms with E-state index in [2.05, 4.69) is 31.0 Å². The summed E-state index contributed by atoms with van der Waals surface area (Å²) < 4.78 is 5.54. The van der Waals surface area contributed by atoms with E-state index in [1.807, 2.05) is 24.3 Å². The van der Waals surface area contributed by atoms with Gasteiger partial charge in [-0.1, -0.05) is 28.1 Å². The molecule has 2 rings (SSSR count). The Labute approximate surface area is 134 Å². The Hall–Kier alpha value is -1.73. The first-order chi connectivity index (χ1) is 10.1. The zero-order valence-electron chi connectivity index (χ0n) is 11.3. The lowest BCUT2D eigenvalue weighted by Gasteiger charge is -2.02. The maximum atomic E-state index is 11.9. The van der Waals surface area contributed by atoms with Crippen LogP contribution in [0.3, 0.4) is 0 Å². The number of anilines is 1. The number of benzene rings is 1. The van der Waals surface area contributed by atoms with Crippen LogP contribution in [0, 0.1) is 0 Å². The Morgan fingerprint density at radius 3 is 2.67 bits per heavy atom. The predicted octanol–water partition coefficient (Wildman–Crippen LogP) is 2.80. The van der Waals surface area contributed by atoms with Gasteiger partial charge in [-0.05, 0) is 17.7 Å². The lowest BCUT2D eigenvalue weighted by molar-refractivity contribution is -0.139. The first-order valence-corrected chi connectivity index (χ1v) is 7.79. The van der Waals surface area contributed by atoms with Gasteiger partial charge in [0, 0.05) is 9.85 Å². The number of hydrogen-bond donors (Lipinski definition) is 1. The van der Waals surface area contributed by atoms with Gasteiger partial charge in [0.05, 0.1) is 25.6 Å². The molecule has 21 heavy (non-hydrogen) atoms. The van der Waals surface area contributed by atoms with Gasteiger partial charge in [-0.15, -0.1) is 11.3 Å². The molecule has 0 aliphatic heterocycles. The molecule has 1 aromatic carbocycles. The van der Waals surface area contributed by atoms with Gasteiger partial charge in [0.2, 0.25) is 5.91 Å². The summed E-state index contributed by atoms with van der Waals surface area (Å²) in [5.41, 5.74) is 1.51. The molecule has 1 amide bonds. The van der Waals surface area contributed by atoms with Gasteiger partial charge in [0.1, 0.15) is 0 Å². The van der Waals surface area contributed by atoms with E-state index in [1.165, 1.54) is 18.4 Å². The molecule has 0 bridgehead atoms. The first kappa shape index (κ1) is 15.7. The first-order valence-electron chi connectivity index (χ1n) is 6.12. The minimum atomic E-state index is -0.354. The van der Waals surface area contributed by atoms with E-state index in [0.29, 0.717) is 10.8 Å². The van der Waals surface area contributed by atoms with Crippen LogP contribution in [-0.2, 0) is 27.2 Å². The Bertz CT molecular complexity index is 640. The molecule has 1 N–H and O–H groups in total. The normalized spacial score (nSPS) is 10.2. The van der Waals surface area contributed by atoms with Crippen LogP contribution in [0.5, 0.6) is 0 Å². The van der Waals surface area contributed by atoms with E-state index in [-0.39, 0.29) is 24.7 Å². The zero-order chi connectivity index (χ0) is 15.2. The zero-order valence-corrected chi connectivity index (χ0v) is 13.7. The summed E-state index contributed by atoms with van der Waals surface area (Å²) in [6.45, 7) is 0. The van der Waals surface area contributed by atoms with Crippen molar-refractivity contribution in [2.75, 3.05) is 12.4 Å². The van der Waals surface area contributed by atoms with Crippen molar-refractivity contribution < 1.29 is 14.3 Å². The van der Waals surface area contributed by atoms with Gasteiger partial charge in [-0.3, -0.25) is 9.59 Å². The van der Waals surface area contributed by atoms with Crippen LogP contribution < -0.4 is 5.32 Å². The fourth-order valence-electron chi connectivity index (χ4n) is 1.62. The Morgan fingerprint density at radius 2 is 2.00 bits per heavy atom. The summed E-state index contributed by atoms with van der Waals surface area (Å²) in [4.78, 5) is 27.2. The Morgan fingerprint density at radius 1 is 1.29 bits per heavy atom. The molecule has 0 atom stereocenters. The molecule has 1 aromatic heterocycles. The van der Waals surface area contributed by atoms with E-state index in [1.54, 1.807) is 5.38 Å². The highest BCUT2D eigenvalue weighted by molar-refractivity contribution is 9.10. The average molecular weight is 369 g/mol. The Kier molecular flexibility index (Phi) is 5.46. The quantitative estimate of drug-likeness (QED) is 0.823. The van der Waals surface area contributed by atoms with Crippen molar-refractivity contribution in [1.82, 2.24) is 4.98 Å². The molecule has 2 aromatic rings. The minimum absolute atomic E-state index is 0.107. The van der Waals surface area contributed by atoms with E-state index in [9.17, 15) is 9.59 Å². The summed E-state index contributed by atoms with van der Waals surface area (Å²) >= 11 is 4.63. The van der Waals surface area contributed by atoms with E-state index >= 15 is 0 Å². The number of esters is 1. The van der Waals surface area contributed by atoms with Crippen LogP contribution in [0.15, 0.2) is 34.1 Å². The number of amides is 1. The SMILES string of the molecule is COC(=O)Cc1csc(NC(=O)Cc2ccc(Br)cc2)n1. The third kappa shape index (κ3) is 4.95. The maximum absolute atomic E-state index is 11.9. The third-order valence-corrected chi connectivity index (χ3v) is 3.96. The van der Waals surface area contributed by atoms with Crippen LogP contribution in [0.1, 0.15) is 11.3 Å². The van der Waals surface area contributed by atoms with Crippen molar-refractivity contribution in [2.45, 2.75) is 12.8 Å². The third-order valence-electron chi connectivity index (χ3n) is 2.63. The second-order valence-corrected chi connectivity index (χ2v) is 6.02. The number of aromatic nitrogens is 1. The van der Waals surface area contributed by atoms with Crippen LogP contribution in [0.4, 0.5) is 5.13 Å². The molecule has 0 saturated heterocycles. The molecule has 0 aliphatic carbocycles. The van der Waals surface area contributed by atoms with Crippen LogP contribution in [-0.4, -0.2) is 24.0 Å².